The summed E-state index contributed by atoms with van der Waals surface area (Å²) in [6.45, 7) is 3.65. The Labute approximate surface area is 99.7 Å². The van der Waals surface area contributed by atoms with Crippen LogP contribution in [-0.2, 0) is 6.42 Å². The number of aromatic nitrogens is 3. The quantitative estimate of drug-likeness (QED) is 0.737. The van der Waals surface area contributed by atoms with Crippen molar-refractivity contribution in [3.63, 3.8) is 0 Å². The molecule has 0 bridgehead atoms. The van der Waals surface area contributed by atoms with Gasteiger partial charge in [-0.2, -0.15) is 4.98 Å². The van der Waals surface area contributed by atoms with Crippen LogP contribution in [0.2, 0.25) is 0 Å². The fraction of sp³-hybridized carbons (Fsp3) is 0.154. The lowest BCUT2D eigenvalue weighted by atomic mass is 10.3. The van der Waals surface area contributed by atoms with Crippen molar-refractivity contribution in [2.45, 2.75) is 12.8 Å². The van der Waals surface area contributed by atoms with Gasteiger partial charge in [-0.05, 0) is 30.7 Å². The van der Waals surface area contributed by atoms with Crippen molar-refractivity contribution < 1.29 is 4.52 Å². The maximum absolute atomic E-state index is 5.07. The van der Waals surface area contributed by atoms with E-state index < -0.39 is 0 Å². The summed E-state index contributed by atoms with van der Waals surface area (Å²) in [5, 5.41) is 3.85. The van der Waals surface area contributed by atoms with Crippen molar-refractivity contribution in [1.29, 1.82) is 0 Å². The molecule has 0 aromatic carbocycles. The monoisotopic (exact) mass is 227 g/mol. The number of hydrogen-bond donors (Lipinski definition) is 0. The largest absolute Gasteiger partial charge is 0.339 e. The average molecular weight is 227 g/mol. The Morgan fingerprint density at radius 3 is 3.00 bits per heavy atom. The minimum atomic E-state index is 0.565. The minimum absolute atomic E-state index is 0.565. The summed E-state index contributed by atoms with van der Waals surface area (Å²) in [4.78, 5) is 8.39. The third kappa shape index (κ3) is 3.38. The van der Waals surface area contributed by atoms with Crippen LogP contribution in [0.4, 0.5) is 0 Å². The lowest BCUT2D eigenvalue weighted by Crippen LogP contribution is -1.83. The molecule has 0 aliphatic rings. The first-order valence-electron chi connectivity index (χ1n) is 5.41. The molecule has 0 fully saturated rings. The summed E-state index contributed by atoms with van der Waals surface area (Å²) in [6.07, 6.45) is 8.77. The molecule has 86 valence electrons. The molecule has 2 heterocycles. The van der Waals surface area contributed by atoms with E-state index in [2.05, 4.69) is 21.7 Å². The molecule has 0 unspecified atom stereocenters. The van der Waals surface area contributed by atoms with Gasteiger partial charge in [0.15, 0.2) is 5.82 Å². The Balaban J connectivity index is 2.01. The smallest absolute Gasteiger partial charge is 0.227 e. The number of aryl methyl sites for hydroxylation is 1. The van der Waals surface area contributed by atoms with Gasteiger partial charge in [-0.15, -0.1) is 6.58 Å². The van der Waals surface area contributed by atoms with Crippen molar-refractivity contribution in [3.8, 4) is 0 Å². The van der Waals surface area contributed by atoms with Gasteiger partial charge in [0.1, 0.15) is 0 Å². The number of allylic oxidation sites excluding steroid dienone is 1. The van der Waals surface area contributed by atoms with Crippen molar-refractivity contribution in [3.05, 3.63) is 54.5 Å². The molecule has 0 atom stereocenters. The Morgan fingerprint density at radius 2 is 2.24 bits per heavy atom. The molecule has 0 saturated carbocycles. The van der Waals surface area contributed by atoms with E-state index in [1.54, 1.807) is 12.3 Å². The Kier molecular flexibility index (Phi) is 3.81. The summed E-state index contributed by atoms with van der Waals surface area (Å²) in [5.74, 6) is 1.19. The summed E-state index contributed by atoms with van der Waals surface area (Å²) in [7, 11) is 0. The van der Waals surface area contributed by atoms with Crippen molar-refractivity contribution >= 4 is 12.2 Å². The number of pyridine rings is 1. The second-order valence-corrected chi connectivity index (χ2v) is 3.46. The van der Waals surface area contributed by atoms with E-state index in [0.717, 1.165) is 18.5 Å². The van der Waals surface area contributed by atoms with Crippen LogP contribution in [0.3, 0.4) is 0 Å². The zero-order chi connectivity index (χ0) is 11.9. The van der Waals surface area contributed by atoms with Crippen LogP contribution in [0.25, 0.3) is 12.2 Å². The maximum atomic E-state index is 5.07. The molecular weight excluding hydrogens is 214 g/mol. The fourth-order valence-electron chi connectivity index (χ4n) is 1.30. The second kappa shape index (κ2) is 5.75. The summed E-state index contributed by atoms with van der Waals surface area (Å²) >= 11 is 0. The van der Waals surface area contributed by atoms with Gasteiger partial charge in [-0.1, -0.05) is 17.3 Å². The third-order valence-electron chi connectivity index (χ3n) is 2.14. The molecule has 0 spiro atoms. The van der Waals surface area contributed by atoms with Crippen LogP contribution in [-0.4, -0.2) is 15.1 Å². The SMILES string of the molecule is C=CCCc1nc(/C=C/c2ccccn2)no1. The van der Waals surface area contributed by atoms with E-state index in [1.807, 2.05) is 30.4 Å². The zero-order valence-electron chi connectivity index (χ0n) is 9.41. The van der Waals surface area contributed by atoms with E-state index in [1.165, 1.54) is 0 Å². The van der Waals surface area contributed by atoms with Gasteiger partial charge in [0.2, 0.25) is 5.89 Å². The molecule has 4 heteroatoms. The molecule has 4 nitrogen and oxygen atoms in total. The van der Waals surface area contributed by atoms with Crippen molar-refractivity contribution in [1.82, 2.24) is 15.1 Å². The lowest BCUT2D eigenvalue weighted by molar-refractivity contribution is 0.377. The van der Waals surface area contributed by atoms with E-state index in [-0.39, 0.29) is 0 Å². The van der Waals surface area contributed by atoms with Crippen molar-refractivity contribution in [2.24, 2.45) is 0 Å². The molecule has 0 aliphatic heterocycles. The van der Waals surface area contributed by atoms with Gasteiger partial charge in [0, 0.05) is 12.6 Å². The highest BCUT2D eigenvalue weighted by atomic mass is 16.5. The van der Waals surface area contributed by atoms with Gasteiger partial charge < -0.3 is 4.52 Å². The van der Waals surface area contributed by atoms with Crippen LogP contribution < -0.4 is 0 Å². The fourth-order valence-corrected chi connectivity index (χ4v) is 1.30. The summed E-state index contributed by atoms with van der Waals surface area (Å²) in [6, 6.07) is 5.71. The van der Waals surface area contributed by atoms with Gasteiger partial charge in [-0.3, -0.25) is 4.98 Å². The van der Waals surface area contributed by atoms with Crippen LogP contribution in [0.15, 0.2) is 41.6 Å². The number of rotatable bonds is 5. The van der Waals surface area contributed by atoms with Gasteiger partial charge in [0.05, 0.1) is 5.69 Å². The molecule has 2 aromatic heterocycles. The molecule has 0 N–H and O–H groups in total. The van der Waals surface area contributed by atoms with Crippen molar-refractivity contribution in [2.75, 3.05) is 0 Å². The third-order valence-corrected chi connectivity index (χ3v) is 2.14. The normalized spacial score (nSPS) is 10.8. The summed E-state index contributed by atoms with van der Waals surface area (Å²) in [5.41, 5.74) is 0.866. The topological polar surface area (TPSA) is 51.8 Å². The minimum Gasteiger partial charge on any atom is -0.339 e. The van der Waals surface area contributed by atoms with E-state index in [0.29, 0.717) is 11.7 Å². The zero-order valence-corrected chi connectivity index (χ0v) is 9.41. The van der Waals surface area contributed by atoms with E-state index in [9.17, 15) is 0 Å². The van der Waals surface area contributed by atoms with E-state index >= 15 is 0 Å². The Morgan fingerprint density at radius 1 is 1.29 bits per heavy atom. The first-order valence-corrected chi connectivity index (χ1v) is 5.41. The molecule has 0 aliphatic carbocycles. The maximum Gasteiger partial charge on any atom is 0.227 e. The highest BCUT2D eigenvalue weighted by molar-refractivity contribution is 5.64. The second-order valence-electron chi connectivity index (χ2n) is 3.46. The number of nitrogens with zero attached hydrogens (tertiary/aromatic N) is 3. The standard InChI is InChI=1S/C13H13N3O/c1-2-3-7-13-15-12(16-17-13)9-8-11-6-4-5-10-14-11/h2,4-6,8-10H,1,3,7H2/b9-8+. The van der Waals surface area contributed by atoms with Gasteiger partial charge >= 0.3 is 0 Å². The highest BCUT2D eigenvalue weighted by Gasteiger charge is 2.01. The lowest BCUT2D eigenvalue weighted by Gasteiger charge is -1.87. The first-order chi connectivity index (χ1) is 8.38. The van der Waals surface area contributed by atoms with Crippen LogP contribution in [0, 0.1) is 0 Å². The molecule has 2 rings (SSSR count). The predicted molar refractivity (Wildman–Crippen MR) is 66.0 cm³/mol. The van der Waals surface area contributed by atoms with Crippen LogP contribution in [0.5, 0.6) is 0 Å². The van der Waals surface area contributed by atoms with Gasteiger partial charge in [-0.25, -0.2) is 0 Å². The first kappa shape index (κ1) is 11.3. The van der Waals surface area contributed by atoms with E-state index in [4.69, 9.17) is 4.52 Å². The van der Waals surface area contributed by atoms with Gasteiger partial charge in [0.25, 0.3) is 0 Å². The molecule has 0 amide bonds. The summed E-state index contributed by atoms with van der Waals surface area (Å²) < 4.78 is 5.07. The highest BCUT2D eigenvalue weighted by Crippen LogP contribution is 2.05. The molecule has 2 aromatic rings. The molecule has 0 saturated heterocycles. The molecule has 0 radical (unpaired) electrons. The average Bonchev–Trinajstić information content (AvgIpc) is 2.83. The van der Waals surface area contributed by atoms with Crippen LogP contribution >= 0.6 is 0 Å². The molecule has 17 heavy (non-hydrogen) atoms. The predicted octanol–water partition coefficient (Wildman–Crippen LogP) is 2.75. The Hall–Kier alpha value is -2.23. The molecular formula is C13H13N3O. The Bertz CT molecular complexity index is 502. The number of hydrogen-bond acceptors (Lipinski definition) is 4. The van der Waals surface area contributed by atoms with Crippen LogP contribution in [0.1, 0.15) is 23.8 Å².